The summed E-state index contributed by atoms with van der Waals surface area (Å²) in [5.74, 6) is 0.550. The molecule has 2 rings (SSSR count). The minimum Gasteiger partial charge on any atom is -0.478 e. The summed E-state index contributed by atoms with van der Waals surface area (Å²) in [6, 6.07) is 2.96. The van der Waals surface area contributed by atoms with E-state index in [2.05, 4.69) is 10.3 Å². The first-order valence-electron chi connectivity index (χ1n) is 5.42. The Hall–Kier alpha value is -0.940. The van der Waals surface area contributed by atoms with Crippen LogP contribution < -0.4 is 5.32 Å². The fourth-order valence-electron chi connectivity index (χ4n) is 1.76. The second-order valence-corrected chi connectivity index (χ2v) is 5.65. The molecular weight excluding hydrogens is 260 g/mol. The molecule has 0 saturated carbocycles. The number of nitrogens with zero attached hydrogens (tertiary/aromatic N) is 1. The van der Waals surface area contributed by atoms with Crippen molar-refractivity contribution in [3.8, 4) is 0 Å². The number of nitrogens with one attached hydrogen (secondary N) is 1. The molecule has 1 unspecified atom stereocenters. The Labute approximate surface area is 109 Å². The van der Waals surface area contributed by atoms with E-state index in [1.807, 2.05) is 11.8 Å². The number of hydrogen-bond acceptors (Lipinski definition) is 4. The minimum absolute atomic E-state index is 0.164. The quantitative estimate of drug-likeness (QED) is 0.825. The molecule has 92 valence electrons. The molecular formula is C11H13ClN2O2S. The first-order valence-corrected chi connectivity index (χ1v) is 6.85. The molecule has 0 aliphatic carbocycles. The molecule has 2 heterocycles. The Balaban J connectivity index is 2.07. The highest BCUT2D eigenvalue weighted by atomic mass is 35.5. The molecule has 0 radical (unpaired) electrons. The van der Waals surface area contributed by atoms with Crippen molar-refractivity contribution in [2.45, 2.75) is 18.1 Å². The number of carbonyl (C=O) groups is 1. The smallest absolute Gasteiger partial charge is 0.339 e. The largest absolute Gasteiger partial charge is 0.478 e. The maximum atomic E-state index is 11.0. The van der Waals surface area contributed by atoms with Crippen LogP contribution in [0.3, 0.4) is 0 Å². The van der Waals surface area contributed by atoms with Crippen molar-refractivity contribution in [3.63, 3.8) is 0 Å². The minimum atomic E-state index is -0.990. The van der Waals surface area contributed by atoms with Crippen LogP contribution in [0.4, 0.5) is 5.82 Å². The van der Waals surface area contributed by atoms with Crippen molar-refractivity contribution in [2.75, 3.05) is 17.6 Å². The highest BCUT2D eigenvalue weighted by Gasteiger charge is 2.17. The zero-order valence-electron chi connectivity index (χ0n) is 9.15. The fraction of sp³-hybridized carbons (Fsp3) is 0.455. The van der Waals surface area contributed by atoms with E-state index in [0.29, 0.717) is 16.2 Å². The Morgan fingerprint density at radius 1 is 1.65 bits per heavy atom. The second kappa shape index (κ2) is 5.60. The molecule has 0 amide bonds. The number of anilines is 1. The van der Waals surface area contributed by atoms with E-state index in [4.69, 9.17) is 16.7 Å². The van der Waals surface area contributed by atoms with Crippen LogP contribution in [0.2, 0.25) is 5.15 Å². The van der Waals surface area contributed by atoms with Gasteiger partial charge in [-0.05, 0) is 30.7 Å². The van der Waals surface area contributed by atoms with E-state index in [9.17, 15) is 4.79 Å². The molecule has 1 fully saturated rings. The van der Waals surface area contributed by atoms with Gasteiger partial charge in [-0.3, -0.25) is 0 Å². The summed E-state index contributed by atoms with van der Waals surface area (Å²) in [6.07, 6.45) is 2.40. The second-order valence-electron chi connectivity index (χ2n) is 3.85. The van der Waals surface area contributed by atoms with Crippen molar-refractivity contribution in [3.05, 3.63) is 22.8 Å². The molecule has 1 aliphatic heterocycles. The summed E-state index contributed by atoms with van der Waals surface area (Å²) in [5.41, 5.74) is 0.164. The number of halogens is 1. The van der Waals surface area contributed by atoms with Crippen molar-refractivity contribution in [1.29, 1.82) is 0 Å². The van der Waals surface area contributed by atoms with Crippen LogP contribution >= 0.6 is 23.4 Å². The molecule has 17 heavy (non-hydrogen) atoms. The van der Waals surface area contributed by atoms with Gasteiger partial charge in [-0.25, -0.2) is 9.78 Å². The van der Waals surface area contributed by atoms with Crippen LogP contribution in [-0.4, -0.2) is 33.6 Å². The van der Waals surface area contributed by atoms with Crippen molar-refractivity contribution >= 4 is 35.1 Å². The number of aromatic nitrogens is 1. The Bertz CT molecular complexity index is 422. The summed E-state index contributed by atoms with van der Waals surface area (Å²) >= 11 is 7.68. The lowest BCUT2D eigenvalue weighted by atomic mass is 10.2. The lowest BCUT2D eigenvalue weighted by Crippen LogP contribution is -2.16. The van der Waals surface area contributed by atoms with Gasteiger partial charge < -0.3 is 10.4 Å². The van der Waals surface area contributed by atoms with Gasteiger partial charge in [0, 0.05) is 11.8 Å². The molecule has 1 atom stereocenters. The van der Waals surface area contributed by atoms with E-state index in [0.717, 1.165) is 6.54 Å². The monoisotopic (exact) mass is 272 g/mol. The number of rotatable bonds is 4. The highest BCUT2D eigenvalue weighted by molar-refractivity contribution is 8.00. The van der Waals surface area contributed by atoms with E-state index in [-0.39, 0.29) is 5.56 Å². The van der Waals surface area contributed by atoms with Crippen LogP contribution in [0, 0.1) is 0 Å². The molecule has 0 bridgehead atoms. The third-order valence-corrected chi connectivity index (χ3v) is 4.22. The molecule has 4 nitrogen and oxygen atoms in total. The standard InChI is InChI=1S/C11H13ClN2O2S/c12-9-4-3-8(11(15)16)10(14-9)13-6-7-2-1-5-17-7/h3-4,7H,1-2,5-6H2,(H,13,14)(H,15,16). The zero-order chi connectivity index (χ0) is 12.3. The third kappa shape index (κ3) is 3.26. The first-order chi connectivity index (χ1) is 8.16. The Morgan fingerprint density at radius 2 is 2.47 bits per heavy atom. The molecule has 0 aromatic carbocycles. The topological polar surface area (TPSA) is 62.2 Å². The average Bonchev–Trinajstić information content (AvgIpc) is 2.78. The van der Waals surface area contributed by atoms with Crippen LogP contribution in [-0.2, 0) is 0 Å². The molecule has 1 aromatic heterocycles. The Morgan fingerprint density at radius 3 is 3.12 bits per heavy atom. The van der Waals surface area contributed by atoms with Crippen LogP contribution in [0.25, 0.3) is 0 Å². The van der Waals surface area contributed by atoms with Gasteiger partial charge in [0.2, 0.25) is 0 Å². The van der Waals surface area contributed by atoms with E-state index >= 15 is 0 Å². The average molecular weight is 273 g/mol. The van der Waals surface area contributed by atoms with Gasteiger partial charge in [-0.1, -0.05) is 11.6 Å². The molecule has 2 N–H and O–H groups in total. The summed E-state index contributed by atoms with van der Waals surface area (Å²) in [4.78, 5) is 15.0. The number of hydrogen-bond donors (Lipinski definition) is 2. The van der Waals surface area contributed by atoms with Crippen molar-refractivity contribution in [2.24, 2.45) is 0 Å². The van der Waals surface area contributed by atoms with Crippen molar-refractivity contribution < 1.29 is 9.90 Å². The van der Waals surface area contributed by atoms with E-state index < -0.39 is 5.97 Å². The SMILES string of the molecule is O=C(O)c1ccc(Cl)nc1NCC1CCCS1. The van der Waals surface area contributed by atoms with Gasteiger partial charge in [0.05, 0.1) is 0 Å². The van der Waals surface area contributed by atoms with E-state index in [1.54, 1.807) is 0 Å². The van der Waals surface area contributed by atoms with Crippen LogP contribution in [0.15, 0.2) is 12.1 Å². The number of pyridine rings is 1. The predicted molar refractivity (Wildman–Crippen MR) is 70.2 cm³/mol. The number of aromatic carboxylic acids is 1. The maximum Gasteiger partial charge on any atom is 0.339 e. The van der Waals surface area contributed by atoms with Gasteiger partial charge in [-0.15, -0.1) is 0 Å². The van der Waals surface area contributed by atoms with Crippen molar-refractivity contribution in [1.82, 2.24) is 4.98 Å². The third-order valence-electron chi connectivity index (χ3n) is 2.61. The maximum absolute atomic E-state index is 11.0. The number of thioether (sulfide) groups is 1. The van der Waals surface area contributed by atoms with Gasteiger partial charge in [0.25, 0.3) is 0 Å². The lowest BCUT2D eigenvalue weighted by molar-refractivity contribution is 0.0697. The molecule has 1 saturated heterocycles. The van der Waals surface area contributed by atoms with E-state index in [1.165, 1.54) is 30.7 Å². The van der Waals surface area contributed by atoms with Gasteiger partial charge >= 0.3 is 5.97 Å². The normalized spacial score (nSPS) is 19.2. The molecule has 1 aromatic rings. The first kappa shape index (κ1) is 12.5. The Kier molecular flexibility index (Phi) is 4.12. The summed E-state index contributed by atoms with van der Waals surface area (Å²) in [6.45, 7) is 0.734. The summed E-state index contributed by atoms with van der Waals surface area (Å²) in [7, 11) is 0. The van der Waals surface area contributed by atoms with Crippen LogP contribution in [0.5, 0.6) is 0 Å². The number of carboxylic acid groups (broad SMARTS) is 1. The number of carboxylic acids is 1. The van der Waals surface area contributed by atoms with Gasteiger partial charge in [-0.2, -0.15) is 11.8 Å². The van der Waals surface area contributed by atoms with Gasteiger partial charge in [0.15, 0.2) is 0 Å². The summed E-state index contributed by atoms with van der Waals surface area (Å²) in [5, 5.41) is 12.9. The molecule has 0 spiro atoms. The van der Waals surface area contributed by atoms with Gasteiger partial charge in [0.1, 0.15) is 16.5 Å². The lowest BCUT2D eigenvalue weighted by Gasteiger charge is -2.12. The molecule has 1 aliphatic rings. The predicted octanol–water partition coefficient (Wildman–Crippen LogP) is 2.74. The summed E-state index contributed by atoms with van der Waals surface area (Å²) < 4.78 is 0. The zero-order valence-corrected chi connectivity index (χ0v) is 10.7. The molecule has 6 heteroatoms. The fourth-order valence-corrected chi connectivity index (χ4v) is 3.11. The highest BCUT2D eigenvalue weighted by Crippen LogP contribution is 2.26. The van der Waals surface area contributed by atoms with Crippen LogP contribution in [0.1, 0.15) is 23.2 Å².